The second kappa shape index (κ2) is 57.6. The number of amides is 1. The van der Waals surface area contributed by atoms with Crippen LogP contribution in [0.15, 0.2) is 12.2 Å². The second-order valence-electron chi connectivity index (χ2n) is 26.4. The van der Waals surface area contributed by atoms with Crippen molar-refractivity contribution in [1.29, 1.82) is 0 Å². The van der Waals surface area contributed by atoms with E-state index in [-0.39, 0.29) is 12.5 Å². The van der Waals surface area contributed by atoms with Gasteiger partial charge in [0.2, 0.25) is 5.91 Å². The van der Waals surface area contributed by atoms with Gasteiger partial charge in [-0.25, -0.2) is 0 Å². The van der Waals surface area contributed by atoms with Crippen molar-refractivity contribution in [2.45, 2.75) is 421 Å². The van der Waals surface area contributed by atoms with Crippen LogP contribution in [0.4, 0.5) is 0 Å². The fraction of sp³-hybridized carbons (Fsp3) is 0.958. The first kappa shape index (κ1) is 80.8. The summed E-state index contributed by atoms with van der Waals surface area (Å²) in [5.74, 6) is -0.199. The van der Waals surface area contributed by atoms with Crippen molar-refractivity contribution in [3.63, 3.8) is 0 Å². The highest BCUT2D eigenvalue weighted by Crippen LogP contribution is 2.30. The van der Waals surface area contributed by atoms with Gasteiger partial charge in [-0.05, 0) is 38.5 Å². The summed E-state index contributed by atoms with van der Waals surface area (Å²) >= 11 is 0. The summed E-state index contributed by atoms with van der Waals surface area (Å²) in [7, 11) is 0. The molecule has 12 atom stereocenters. The molecule has 0 saturated carbocycles. The molecule has 2 heterocycles. The van der Waals surface area contributed by atoms with Crippen molar-refractivity contribution in [3.8, 4) is 0 Å². The van der Waals surface area contributed by atoms with Gasteiger partial charge in [0.1, 0.15) is 48.8 Å². The normalized spacial score (nSPS) is 23.4. The number of aliphatic hydroxyl groups excluding tert-OH is 8. The minimum atomic E-state index is -1.78. The van der Waals surface area contributed by atoms with Crippen molar-refractivity contribution in [2.24, 2.45) is 0 Å². The molecule has 2 aliphatic rings. The van der Waals surface area contributed by atoms with E-state index in [1.54, 1.807) is 0 Å². The van der Waals surface area contributed by atoms with Crippen LogP contribution in [0.2, 0.25) is 0 Å². The number of hydrogen-bond acceptors (Lipinski definition) is 13. The minimum Gasteiger partial charge on any atom is -0.394 e. The van der Waals surface area contributed by atoms with E-state index in [0.717, 1.165) is 51.4 Å². The Bertz CT molecular complexity index is 1490. The average molecular weight is 1230 g/mol. The quantitative estimate of drug-likeness (QED) is 0.0204. The van der Waals surface area contributed by atoms with Gasteiger partial charge >= 0.3 is 0 Å². The fourth-order valence-electron chi connectivity index (χ4n) is 12.6. The number of allylic oxidation sites excluding steroid dienone is 2. The number of carbonyl (C=O) groups is 1. The molecule has 0 spiro atoms. The zero-order valence-electron chi connectivity index (χ0n) is 55.6. The van der Waals surface area contributed by atoms with Gasteiger partial charge < -0.3 is 65.1 Å². The molecule has 12 unspecified atom stereocenters. The SMILES string of the molecule is CCCCCCCCCC/C=C\CCCCCCCCCCCCCCCCCCCCCCCCCCCCCC(=O)NC(COC1OC(CO)C(OC2OC(CO)C(O)C(O)C2O)C(O)C1O)C(O)CCCCCCCCCCCCCCC. The molecule has 2 fully saturated rings. The van der Waals surface area contributed by atoms with Crippen LogP contribution in [-0.2, 0) is 23.7 Å². The molecule has 510 valence electrons. The molecule has 0 aromatic carbocycles. The van der Waals surface area contributed by atoms with Crippen molar-refractivity contribution in [2.75, 3.05) is 19.8 Å². The molecule has 86 heavy (non-hydrogen) atoms. The number of rotatable bonds is 62. The van der Waals surface area contributed by atoms with Gasteiger partial charge in [0, 0.05) is 6.42 Å². The van der Waals surface area contributed by atoms with Crippen LogP contribution in [0.25, 0.3) is 0 Å². The van der Waals surface area contributed by atoms with Crippen molar-refractivity contribution in [3.05, 3.63) is 12.2 Å². The highest BCUT2D eigenvalue weighted by molar-refractivity contribution is 5.76. The van der Waals surface area contributed by atoms with E-state index in [1.165, 1.54) is 270 Å². The zero-order valence-corrected chi connectivity index (χ0v) is 55.6. The Kier molecular flexibility index (Phi) is 54.1. The molecule has 0 aromatic heterocycles. The van der Waals surface area contributed by atoms with E-state index >= 15 is 0 Å². The predicted octanol–water partition coefficient (Wildman–Crippen LogP) is 15.4. The van der Waals surface area contributed by atoms with Crippen LogP contribution in [-0.4, -0.2) is 140 Å². The molecule has 2 saturated heterocycles. The summed E-state index contributed by atoms with van der Waals surface area (Å²) in [5, 5.41) is 87.4. The van der Waals surface area contributed by atoms with Crippen LogP contribution < -0.4 is 5.32 Å². The number of carbonyl (C=O) groups excluding carboxylic acids is 1. The van der Waals surface area contributed by atoms with Crippen molar-refractivity contribution >= 4 is 5.91 Å². The molecule has 1 amide bonds. The molecule has 0 aromatic rings. The lowest BCUT2D eigenvalue weighted by atomic mass is 9.97. The molecule has 9 N–H and O–H groups in total. The Labute approximate surface area is 526 Å². The van der Waals surface area contributed by atoms with Gasteiger partial charge in [0.25, 0.3) is 0 Å². The number of aliphatic hydroxyl groups is 8. The minimum absolute atomic E-state index is 0.199. The van der Waals surface area contributed by atoms with Gasteiger partial charge in [0.15, 0.2) is 12.6 Å². The summed E-state index contributed by atoms with van der Waals surface area (Å²) in [6, 6.07) is -0.824. The van der Waals surface area contributed by atoms with Crippen LogP contribution in [0.1, 0.15) is 348 Å². The van der Waals surface area contributed by atoms with Gasteiger partial charge in [-0.3, -0.25) is 4.79 Å². The maximum atomic E-state index is 13.3. The Morgan fingerprint density at radius 2 is 0.733 bits per heavy atom. The second-order valence-corrected chi connectivity index (χ2v) is 26.4. The summed E-state index contributed by atoms with van der Waals surface area (Å²) in [4.78, 5) is 13.3. The largest absolute Gasteiger partial charge is 0.394 e. The topological polar surface area (TPSA) is 228 Å². The first-order chi connectivity index (χ1) is 42.1. The Balaban J connectivity index is 1.52. The summed E-state index contributed by atoms with van der Waals surface area (Å²) in [6.07, 6.45) is 54.2. The van der Waals surface area contributed by atoms with E-state index in [4.69, 9.17) is 18.9 Å². The maximum absolute atomic E-state index is 13.3. The van der Waals surface area contributed by atoms with Crippen LogP contribution >= 0.6 is 0 Å². The standard InChI is InChI=1S/C72H139NO13/c1-3-5-7-9-11-13-15-17-18-19-20-21-22-23-24-25-26-27-28-29-30-31-32-33-34-35-36-37-38-39-40-41-42-44-46-48-50-52-54-56-64(77)73-60(61(76)55-53-51-49-47-45-43-16-14-12-10-8-6-4-2)59-83-71-69(82)67(80)70(63(58-75)85-71)86-72-68(81)66(79)65(78)62(57-74)84-72/h19-20,60-63,65-72,74-76,78-82H,3-18,21-59H2,1-2H3,(H,73,77)/b20-19-. The van der Waals surface area contributed by atoms with Crippen LogP contribution in [0.5, 0.6) is 0 Å². The van der Waals surface area contributed by atoms with Gasteiger partial charge in [-0.1, -0.05) is 315 Å². The van der Waals surface area contributed by atoms with E-state index in [2.05, 4.69) is 31.3 Å². The van der Waals surface area contributed by atoms with Crippen molar-refractivity contribution in [1.82, 2.24) is 5.32 Å². The predicted molar refractivity (Wildman–Crippen MR) is 351 cm³/mol. The molecule has 14 nitrogen and oxygen atoms in total. The Morgan fingerprint density at radius 3 is 1.10 bits per heavy atom. The molecular weight excluding hydrogens is 1090 g/mol. The van der Waals surface area contributed by atoms with E-state index in [1.807, 2.05) is 0 Å². The van der Waals surface area contributed by atoms with Gasteiger partial charge in [-0.2, -0.15) is 0 Å². The van der Waals surface area contributed by atoms with E-state index < -0.39 is 86.8 Å². The van der Waals surface area contributed by atoms with Crippen molar-refractivity contribution < 1.29 is 64.6 Å². The molecule has 2 aliphatic heterocycles. The smallest absolute Gasteiger partial charge is 0.220 e. The first-order valence-corrected chi connectivity index (χ1v) is 36.9. The van der Waals surface area contributed by atoms with E-state index in [9.17, 15) is 45.6 Å². The molecular formula is C72H139NO13. The molecule has 14 heteroatoms. The van der Waals surface area contributed by atoms with E-state index in [0.29, 0.717) is 12.8 Å². The lowest BCUT2D eigenvalue weighted by Crippen LogP contribution is -2.65. The maximum Gasteiger partial charge on any atom is 0.220 e. The monoisotopic (exact) mass is 1230 g/mol. The first-order valence-electron chi connectivity index (χ1n) is 36.9. The molecule has 2 rings (SSSR count). The number of ether oxygens (including phenoxy) is 4. The number of nitrogens with one attached hydrogen (secondary N) is 1. The third-order valence-corrected chi connectivity index (χ3v) is 18.5. The average Bonchev–Trinajstić information content (AvgIpc) is 2.76. The Hall–Kier alpha value is -1.27. The summed E-state index contributed by atoms with van der Waals surface area (Å²) in [5.41, 5.74) is 0. The number of hydrogen-bond donors (Lipinski definition) is 9. The zero-order chi connectivity index (χ0) is 62.3. The summed E-state index contributed by atoms with van der Waals surface area (Å²) < 4.78 is 22.9. The Morgan fingerprint density at radius 1 is 0.407 bits per heavy atom. The fourth-order valence-corrected chi connectivity index (χ4v) is 12.6. The highest BCUT2D eigenvalue weighted by Gasteiger charge is 2.51. The van der Waals surface area contributed by atoms with Gasteiger partial charge in [-0.15, -0.1) is 0 Å². The lowest BCUT2D eigenvalue weighted by molar-refractivity contribution is -0.359. The summed E-state index contributed by atoms with van der Waals surface area (Å²) in [6.45, 7) is 2.90. The lowest BCUT2D eigenvalue weighted by Gasteiger charge is -2.46. The highest BCUT2D eigenvalue weighted by atomic mass is 16.7. The van der Waals surface area contributed by atoms with Crippen LogP contribution in [0.3, 0.4) is 0 Å². The molecule has 0 bridgehead atoms. The number of unbranched alkanes of at least 4 members (excludes halogenated alkanes) is 47. The third-order valence-electron chi connectivity index (χ3n) is 18.5. The molecule has 0 aliphatic carbocycles. The van der Waals surface area contributed by atoms with Gasteiger partial charge in [0.05, 0.1) is 32.0 Å². The molecule has 0 radical (unpaired) electrons. The van der Waals surface area contributed by atoms with Crippen LogP contribution in [0, 0.1) is 0 Å². The third kappa shape index (κ3) is 41.3.